The molecule has 0 heterocycles. The van der Waals surface area contributed by atoms with Crippen LogP contribution in [0.3, 0.4) is 0 Å². The number of sulfonamides is 1. The van der Waals surface area contributed by atoms with E-state index in [4.69, 9.17) is 4.74 Å². The first-order valence-electron chi connectivity index (χ1n) is 13.4. The summed E-state index contributed by atoms with van der Waals surface area (Å²) in [7, 11) is -3.02. The van der Waals surface area contributed by atoms with Crippen LogP contribution in [-0.2, 0) is 32.3 Å². The van der Waals surface area contributed by atoms with E-state index in [0.29, 0.717) is 21.7 Å². The van der Waals surface area contributed by atoms with Crippen molar-refractivity contribution in [3.8, 4) is 5.75 Å². The third kappa shape index (κ3) is 8.73. The van der Waals surface area contributed by atoms with Gasteiger partial charge in [0, 0.05) is 12.1 Å². The highest BCUT2D eigenvalue weighted by atomic mass is 32.2. The molecule has 1 atom stereocenters. The van der Waals surface area contributed by atoms with Crippen molar-refractivity contribution in [2.45, 2.75) is 63.8 Å². The summed E-state index contributed by atoms with van der Waals surface area (Å²) < 4.78 is 74.4. The maximum atomic E-state index is 14.0. The molecule has 0 radical (unpaired) electrons. The number of rotatable bonds is 10. The van der Waals surface area contributed by atoms with Crippen molar-refractivity contribution in [1.82, 2.24) is 10.2 Å². The number of nitrogens with zero attached hydrogens (tertiary/aromatic N) is 2. The number of aryl methyl sites for hydroxylation is 1. The molecule has 0 bridgehead atoms. The van der Waals surface area contributed by atoms with Gasteiger partial charge in [-0.1, -0.05) is 35.9 Å². The Morgan fingerprint density at radius 2 is 1.56 bits per heavy atom. The lowest BCUT2D eigenvalue weighted by molar-refractivity contribution is -0.140. The van der Waals surface area contributed by atoms with Crippen LogP contribution >= 0.6 is 0 Å². The standard InChI is InChI=1S/C31H36F3N3O5S/c1-21-10-16-27(17-11-21)43(40,41)37(25-9-7-8-24(18-25)31(32,33)34)20-28(38)36(22(2)29(39)35-30(3,4)5)19-23-12-14-26(42-6)15-13-23/h7-18,22H,19-20H2,1-6H3,(H,35,39). The molecule has 0 aliphatic rings. The number of anilines is 1. The Labute approximate surface area is 250 Å². The lowest BCUT2D eigenvalue weighted by atomic mass is 10.1. The predicted molar refractivity (Wildman–Crippen MR) is 158 cm³/mol. The molecule has 2 amide bonds. The summed E-state index contributed by atoms with van der Waals surface area (Å²) in [5, 5.41) is 2.82. The number of hydrogen-bond acceptors (Lipinski definition) is 5. The number of nitrogens with one attached hydrogen (secondary N) is 1. The van der Waals surface area contributed by atoms with Gasteiger partial charge in [0.05, 0.1) is 23.3 Å². The SMILES string of the molecule is COc1ccc(CN(C(=O)CN(c2cccc(C(F)(F)F)c2)S(=O)(=O)c2ccc(C)cc2)C(C)C(=O)NC(C)(C)C)cc1. The molecule has 3 aromatic rings. The quantitative estimate of drug-likeness (QED) is 0.321. The van der Waals surface area contributed by atoms with Crippen LogP contribution in [-0.4, -0.2) is 50.4 Å². The number of carbonyl (C=O) groups excluding carboxylic acids is 2. The van der Waals surface area contributed by atoms with Gasteiger partial charge in [-0.25, -0.2) is 8.42 Å². The zero-order valence-corrected chi connectivity index (χ0v) is 25.7. The second-order valence-corrected chi connectivity index (χ2v) is 13.0. The van der Waals surface area contributed by atoms with Crippen molar-refractivity contribution in [2.24, 2.45) is 0 Å². The first-order valence-corrected chi connectivity index (χ1v) is 14.9. The minimum atomic E-state index is -4.75. The van der Waals surface area contributed by atoms with E-state index >= 15 is 0 Å². The molecule has 0 aliphatic carbocycles. The highest BCUT2D eigenvalue weighted by Crippen LogP contribution is 2.33. The third-order valence-corrected chi connectivity index (χ3v) is 8.31. The Morgan fingerprint density at radius 3 is 2.09 bits per heavy atom. The number of methoxy groups -OCH3 is 1. The van der Waals surface area contributed by atoms with E-state index in [-0.39, 0.29) is 17.1 Å². The number of hydrogen-bond donors (Lipinski definition) is 1. The molecule has 232 valence electrons. The molecule has 0 aliphatic heterocycles. The fraction of sp³-hybridized carbons (Fsp3) is 0.355. The fourth-order valence-corrected chi connectivity index (χ4v) is 5.59. The van der Waals surface area contributed by atoms with Crippen molar-refractivity contribution in [1.29, 1.82) is 0 Å². The van der Waals surface area contributed by atoms with E-state index in [1.54, 1.807) is 64.1 Å². The van der Waals surface area contributed by atoms with Crippen molar-refractivity contribution in [2.75, 3.05) is 18.0 Å². The second-order valence-electron chi connectivity index (χ2n) is 11.2. The molecule has 0 spiro atoms. The van der Waals surface area contributed by atoms with Crippen LogP contribution < -0.4 is 14.4 Å². The van der Waals surface area contributed by atoms with Gasteiger partial charge in [0.1, 0.15) is 18.3 Å². The van der Waals surface area contributed by atoms with Gasteiger partial charge < -0.3 is 15.0 Å². The molecule has 1 N–H and O–H groups in total. The predicted octanol–water partition coefficient (Wildman–Crippen LogP) is 5.55. The molecule has 3 rings (SSSR count). The number of benzene rings is 3. The molecule has 1 unspecified atom stereocenters. The van der Waals surface area contributed by atoms with Crippen LogP contribution in [0.25, 0.3) is 0 Å². The third-order valence-electron chi connectivity index (χ3n) is 6.53. The van der Waals surface area contributed by atoms with Crippen molar-refractivity contribution in [3.05, 3.63) is 89.5 Å². The molecular weight excluding hydrogens is 583 g/mol. The minimum absolute atomic E-state index is 0.0808. The summed E-state index contributed by atoms with van der Waals surface area (Å²) in [5.41, 5.74) is -0.657. The van der Waals surface area contributed by atoms with E-state index in [9.17, 15) is 31.2 Å². The molecule has 3 aromatic carbocycles. The first-order chi connectivity index (χ1) is 19.9. The summed E-state index contributed by atoms with van der Waals surface area (Å²) >= 11 is 0. The number of alkyl halides is 3. The van der Waals surface area contributed by atoms with E-state index in [1.165, 1.54) is 37.1 Å². The highest BCUT2D eigenvalue weighted by Gasteiger charge is 2.35. The molecule has 0 aromatic heterocycles. The van der Waals surface area contributed by atoms with Crippen LogP contribution in [0.5, 0.6) is 5.75 Å². The lowest BCUT2D eigenvalue weighted by Gasteiger charge is -2.33. The van der Waals surface area contributed by atoms with Crippen LogP contribution in [0.4, 0.5) is 18.9 Å². The summed E-state index contributed by atoms with van der Waals surface area (Å²) in [5.74, 6) is -0.707. The average molecular weight is 620 g/mol. The molecule has 0 fully saturated rings. The topological polar surface area (TPSA) is 96.0 Å². The maximum Gasteiger partial charge on any atom is 0.416 e. The number of ether oxygens (including phenoxy) is 1. The minimum Gasteiger partial charge on any atom is -0.497 e. The monoisotopic (exact) mass is 619 g/mol. The van der Waals surface area contributed by atoms with Gasteiger partial charge in [-0.05, 0) is 82.6 Å². The van der Waals surface area contributed by atoms with E-state index < -0.39 is 51.7 Å². The Morgan fingerprint density at radius 1 is 0.953 bits per heavy atom. The Balaban J connectivity index is 2.09. The van der Waals surface area contributed by atoms with E-state index in [1.807, 2.05) is 0 Å². The van der Waals surface area contributed by atoms with Gasteiger partial charge >= 0.3 is 6.18 Å². The van der Waals surface area contributed by atoms with Gasteiger partial charge in [0.2, 0.25) is 11.8 Å². The zero-order valence-electron chi connectivity index (χ0n) is 24.9. The molecule has 43 heavy (non-hydrogen) atoms. The lowest BCUT2D eigenvalue weighted by Crippen LogP contribution is -2.54. The Bertz CT molecular complexity index is 1530. The van der Waals surface area contributed by atoms with Crippen LogP contribution in [0.1, 0.15) is 44.4 Å². The van der Waals surface area contributed by atoms with Gasteiger partial charge in [-0.3, -0.25) is 13.9 Å². The molecule has 0 saturated carbocycles. The molecular formula is C31H36F3N3O5S. The molecule has 0 saturated heterocycles. The Hall–Kier alpha value is -4.06. The normalized spacial score (nSPS) is 12.8. The second kappa shape index (κ2) is 13.1. The van der Waals surface area contributed by atoms with Crippen molar-refractivity contribution in [3.63, 3.8) is 0 Å². The van der Waals surface area contributed by atoms with Gasteiger partial charge in [-0.15, -0.1) is 0 Å². The van der Waals surface area contributed by atoms with Crippen LogP contribution in [0.2, 0.25) is 0 Å². The Kier molecular flexibility index (Phi) is 10.2. The van der Waals surface area contributed by atoms with Crippen LogP contribution in [0, 0.1) is 6.92 Å². The van der Waals surface area contributed by atoms with Crippen molar-refractivity contribution >= 4 is 27.5 Å². The van der Waals surface area contributed by atoms with Crippen molar-refractivity contribution < 1.29 is 35.9 Å². The average Bonchev–Trinajstić information content (AvgIpc) is 2.93. The van der Waals surface area contributed by atoms with Gasteiger partial charge in [-0.2, -0.15) is 13.2 Å². The van der Waals surface area contributed by atoms with E-state index in [2.05, 4.69) is 5.32 Å². The number of carbonyl (C=O) groups is 2. The van der Waals surface area contributed by atoms with Gasteiger partial charge in [0.15, 0.2) is 0 Å². The smallest absolute Gasteiger partial charge is 0.416 e. The fourth-order valence-electron chi connectivity index (χ4n) is 4.19. The van der Waals surface area contributed by atoms with Gasteiger partial charge in [0.25, 0.3) is 10.0 Å². The largest absolute Gasteiger partial charge is 0.497 e. The summed E-state index contributed by atoms with van der Waals surface area (Å²) in [6.07, 6.45) is -4.75. The molecule has 12 heteroatoms. The van der Waals surface area contributed by atoms with Crippen LogP contribution in [0.15, 0.2) is 77.7 Å². The maximum absolute atomic E-state index is 14.0. The summed E-state index contributed by atoms with van der Waals surface area (Å²) in [6, 6.07) is 15.2. The summed E-state index contributed by atoms with van der Waals surface area (Å²) in [6.45, 7) is 7.64. The first kappa shape index (κ1) is 33.4. The highest BCUT2D eigenvalue weighted by molar-refractivity contribution is 7.92. The number of halogens is 3. The van der Waals surface area contributed by atoms with E-state index in [0.717, 1.165) is 17.7 Å². The zero-order chi connectivity index (χ0) is 32.2. The summed E-state index contributed by atoms with van der Waals surface area (Å²) in [4.78, 5) is 28.1. The molecule has 8 nitrogen and oxygen atoms in total. The number of amides is 2.